The highest BCUT2D eigenvalue weighted by Gasteiger charge is 2.12. The van der Waals surface area contributed by atoms with Crippen LogP contribution in [0, 0.1) is 10.1 Å². The largest absolute Gasteiger partial charge is 0.497 e. The molecule has 0 fully saturated rings. The fourth-order valence-electron chi connectivity index (χ4n) is 2.01. The monoisotopic (exact) mass is 395 g/mol. The number of methoxy groups -OCH3 is 1. The number of nitro benzene ring substituents is 1. The lowest BCUT2D eigenvalue weighted by atomic mass is 10.3. The van der Waals surface area contributed by atoms with Crippen molar-refractivity contribution in [1.29, 1.82) is 0 Å². The van der Waals surface area contributed by atoms with Gasteiger partial charge in [-0.1, -0.05) is 11.6 Å². The van der Waals surface area contributed by atoms with Crippen molar-refractivity contribution in [1.82, 2.24) is 4.90 Å². The molecule has 0 unspecified atom stereocenters. The van der Waals surface area contributed by atoms with Gasteiger partial charge in [-0.15, -0.1) is 0 Å². The average molecular weight is 396 g/mol. The summed E-state index contributed by atoms with van der Waals surface area (Å²) in [6.45, 7) is 0.928. The number of nitro groups is 1. The number of anilines is 1. The van der Waals surface area contributed by atoms with E-state index in [0.717, 1.165) is 11.5 Å². The van der Waals surface area contributed by atoms with Gasteiger partial charge in [0.25, 0.3) is 5.69 Å². The van der Waals surface area contributed by atoms with Gasteiger partial charge in [0.05, 0.1) is 29.3 Å². The van der Waals surface area contributed by atoms with Crippen LogP contribution in [-0.2, 0) is 0 Å². The number of rotatable bonds is 7. The molecule has 26 heavy (non-hydrogen) atoms. The van der Waals surface area contributed by atoms with E-state index in [4.69, 9.17) is 33.3 Å². The maximum absolute atomic E-state index is 10.9. The smallest absolute Gasteiger partial charge is 0.271 e. The number of nitrogens with one attached hydrogen (secondary N) is 1. The zero-order valence-electron chi connectivity index (χ0n) is 14.3. The first kappa shape index (κ1) is 19.7. The summed E-state index contributed by atoms with van der Waals surface area (Å²) in [6, 6.07) is 11.4. The third kappa shape index (κ3) is 5.47. The summed E-state index contributed by atoms with van der Waals surface area (Å²) in [4.78, 5) is 12.1. The molecule has 0 atom stereocenters. The number of halogens is 1. The van der Waals surface area contributed by atoms with Gasteiger partial charge in [0.2, 0.25) is 0 Å². The van der Waals surface area contributed by atoms with Gasteiger partial charge in [-0.2, -0.15) is 0 Å². The van der Waals surface area contributed by atoms with Crippen molar-refractivity contribution in [2.75, 3.05) is 32.6 Å². The Labute approximate surface area is 161 Å². The van der Waals surface area contributed by atoms with Crippen LogP contribution in [-0.4, -0.2) is 42.2 Å². The summed E-state index contributed by atoms with van der Waals surface area (Å²) >= 11 is 11.4. The molecule has 0 saturated heterocycles. The number of hydrogen-bond acceptors (Lipinski definition) is 5. The normalized spacial score (nSPS) is 10.1. The number of likely N-dealkylation sites (N-methyl/N-ethyl adjacent to an activating group) is 1. The zero-order valence-corrected chi connectivity index (χ0v) is 15.8. The number of ether oxygens (including phenoxy) is 2. The first-order valence-electron chi connectivity index (χ1n) is 7.63. The Morgan fingerprint density at radius 3 is 2.54 bits per heavy atom. The fourth-order valence-corrected chi connectivity index (χ4v) is 2.37. The van der Waals surface area contributed by atoms with Gasteiger partial charge in [0.1, 0.15) is 18.1 Å². The lowest BCUT2D eigenvalue weighted by molar-refractivity contribution is -0.384. The second kappa shape index (κ2) is 9.21. The fraction of sp³-hybridized carbons (Fsp3) is 0.235. The number of thiocarbonyl (C=S) groups is 1. The van der Waals surface area contributed by atoms with Crippen molar-refractivity contribution < 1.29 is 14.4 Å². The van der Waals surface area contributed by atoms with E-state index in [-0.39, 0.29) is 5.69 Å². The molecule has 0 saturated carbocycles. The Hall–Kier alpha value is -2.58. The van der Waals surface area contributed by atoms with Gasteiger partial charge < -0.3 is 19.7 Å². The number of nitrogens with zero attached hydrogens (tertiary/aromatic N) is 2. The van der Waals surface area contributed by atoms with Crippen molar-refractivity contribution in [2.45, 2.75) is 0 Å². The van der Waals surface area contributed by atoms with Crippen LogP contribution < -0.4 is 14.8 Å². The third-order valence-electron chi connectivity index (χ3n) is 3.50. The minimum Gasteiger partial charge on any atom is -0.497 e. The van der Waals surface area contributed by atoms with Gasteiger partial charge in [0.15, 0.2) is 5.11 Å². The second-order valence-electron chi connectivity index (χ2n) is 5.30. The molecule has 138 valence electrons. The minimum atomic E-state index is -0.489. The highest BCUT2D eigenvalue weighted by atomic mass is 35.5. The lowest BCUT2D eigenvalue weighted by Crippen LogP contribution is -2.34. The van der Waals surface area contributed by atoms with Crippen molar-refractivity contribution >= 4 is 40.3 Å². The van der Waals surface area contributed by atoms with E-state index in [1.807, 2.05) is 24.3 Å². The van der Waals surface area contributed by atoms with Crippen LogP contribution in [0.4, 0.5) is 11.4 Å². The van der Waals surface area contributed by atoms with Gasteiger partial charge in [-0.3, -0.25) is 10.1 Å². The molecular formula is C17H18ClN3O4S. The van der Waals surface area contributed by atoms with E-state index in [9.17, 15) is 10.1 Å². The zero-order chi connectivity index (χ0) is 19.1. The topological polar surface area (TPSA) is 76.9 Å². The second-order valence-corrected chi connectivity index (χ2v) is 6.09. The molecule has 0 amide bonds. The molecule has 2 rings (SSSR count). The molecule has 7 nitrogen and oxygen atoms in total. The van der Waals surface area contributed by atoms with Crippen LogP contribution in [0.25, 0.3) is 0 Å². The summed E-state index contributed by atoms with van der Waals surface area (Å²) in [5.41, 5.74) is 0.319. The van der Waals surface area contributed by atoms with Gasteiger partial charge in [-0.25, -0.2) is 0 Å². The summed E-state index contributed by atoms with van der Waals surface area (Å²) in [5, 5.41) is 14.5. The van der Waals surface area contributed by atoms with E-state index in [1.165, 1.54) is 18.2 Å². The van der Waals surface area contributed by atoms with Crippen molar-refractivity contribution in [3.63, 3.8) is 0 Å². The standard InChI is InChI=1S/C17H18ClN3O4S/c1-20(9-10-25-14-6-4-13(24-2)5-7-14)17(26)19-16-11-12(21(22)23)3-8-15(16)18/h3-8,11H,9-10H2,1-2H3,(H,19,26). The number of benzene rings is 2. The summed E-state index contributed by atoms with van der Waals surface area (Å²) in [6.07, 6.45) is 0. The summed E-state index contributed by atoms with van der Waals surface area (Å²) in [7, 11) is 3.39. The average Bonchev–Trinajstić information content (AvgIpc) is 2.63. The lowest BCUT2D eigenvalue weighted by Gasteiger charge is -2.21. The number of hydrogen-bond donors (Lipinski definition) is 1. The molecule has 9 heteroatoms. The molecule has 0 bridgehead atoms. The van der Waals surface area contributed by atoms with Crippen LogP contribution in [0.5, 0.6) is 11.5 Å². The van der Waals surface area contributed by atoms with Gasteiger partial charge in [0, 0.05) is 19.2 Å². The maximum atomic E-state index is 10.9. The van der Waals surface area contributed by atoms with Crippen LogP contribution >= 0.6 is 23.8 Å². The molecule has 0 spiro atoms. The van der Waals surface area contributed by atoms with Crippen LogP contribution in [0.15, 0.2) is 42.5 Å². The third-order valence-corrected chi connectivity index (χ3v) is 4.25. The summed E-state index contributed by atoms with van der Waals surface area (Å²) in [5.74, 6) is 1.48. The van der Waals surface area contributed by atoms with Crippen molar-refractivity contribution in [3.8, 4) is 11.5 Å². The van der Waals surface area contributed by atoms with Crippen molar-refractivity contribution in [2.24, 2.45) is 0 Å². The number of non-ortho nitro benzene ring substituents is 1. The van der Waals surface area contributed by atoms with E-state index in [1.54, 1.807) is 19.1 Å². The van der Waals surface area contributed by atoms with Crippen LogP contribution in [0.2, 0.25) is 5.02 Å². The Morgan fingerprint density at radius 2 is 1.92 bits per heavy atom. The first-order chi connectivity index (χ1) is 12.4. The highest BCUT2D eigenvalue weighted by Crippen LogP contribution is 2.26. The molecule has 0 radical (unpaired) electrons. The van der Waals surface area contributed by atoms with Crippen LogP contribution in [0.3, 0.4) is 0 Å². The molecule has 2 aromatic rings. The first-order valence-corrected chi connectivity index (χ1v) is 8.42. The maximum Gasteiger partial charge on any atom is 0.271 e. The Kier molecular flexibility index (Phi) is 6.99. The van der Waals surface area contributed by atoms with Gasteiger partial charge >= 0.3 is 0 Å². The molecule has 1 N–H and O–H groups in total. The molecule has 0 aliphatic rings. The highest BCUT2D eigenvalue weighted by molar-refractivity contribution is 7.80. The molecule has 0 aromatic heterocycles. The van der Waals surface area contributed by atoms with E-state index < -0.39 is 4.92 Å². The van der Waals surface area contributed by atoms with Gasteiger partial charge in [-0.05, 0) is 42.5 Å². The predicted octanol–water partition coefficient (Wildman–Crippen LogP) is 3.96. The Balaban J connectivity index is 1.87. The molecule has 0 aliphatic heterocycles. The minimum absolute atomic E-state index is 0.0646. The molecular weight excluding hydrogens is 378 g/mol. The predicted molar refractivity (Wildman–Crippen MR) is 105 cm³/mol. The Morgan fingerprint density at radius 1 is 1.27 bits per heavy atom. The molecule has 0 aliphatic carbocycles. The van der Waals surface area contributed by atoms with E-state index in [0.29, 0.717) is 29.0 Å². The molecule has 0 heterocycles. The Bertz CT molecular complexity index is 786. The quantitative estimate of drug-likeness (QED) is 0.432. The van der Waals surface area contributed by atoms with Crippen molar-refractivity contribution in [3.05, 3.63) is 57.6 Å². The SMILES string of the molecule is COc1ccc(OCCN(C)C(=S)Nc2cc([N+](=O)[O-])ccc2Cl)cc1. The summed E-state index contributed by atoms with van der Waals surface area (Å²) < 4.78 is 10.7. The van der Waals surface area contributed by atoms with E-state index >= 15 is 0 Å². The van der Waals surface area contributed by atoms with Crippen LogP contribution in [0.1, 0.15) is 0 Å². The molecule has 2 aromatic carbocycles. The van der Waals surface area contributed by atoms with E-state index in [2.05, 4.69) is 5.32 Å².